The first-order valence-electron chi connectivity index (χ1n) is 14.0. The minimum Gasteiger partial charge on any atom is -0.457 e. The summed E-state index contributed by atoms with van der Waals surface area (Å²) in [5.41, 5.74) is 5.28. The average Bonchev–Trinajstić information content (AvgIpc) is 2.83. The van der Waals surface area contributed by atoms with Gasteiger partial charge in [-0.2, -0.15) is 0 Å². The monoisotopic (exact) mass is 523 g/mol. The van der Waals surface area contributed by atoms with Crippen LogP contribution in [0.3, 0.4) is 0 Å². The molecule has 0 bridgehead atoms. The van der Waals surface area contributed by atoms with E-state index in [2.05, 4.69) is 13.8 Å². The van der Waals surface area contributed by atoms with Crippen LogP contribution in [0.1, 0.15) is 123 Å². The Morgan fingerprint density at radius 1 is 0.743 bits per heavy atom. The van der Waals surface area contributed by atoms with E-state index in [9.17, 15) is 14.3 Å². The van der Waals surface area contributed by atoms with Crippen molar-refractivity contribution in [3.8, 4) is 0 Å². The van der Waals surface area contributed by atoms with Crippen molar-refractivity contribution in [2.75, 3.05) is 33.0 Å². The third-order valence-electron chi connectivity index (χ3n) is 5.77. The molecule has 0 aromatic carbocycles. The Hall–Kier alpha value is -0.500. The lowest BCUT2D eigenvalue weighted by Gasteiger charge is -2.20. The van der Waals surface area contributed by atoms with Gasteiger partial charge in [-0.1, -0.05) is 104 Å². The van der Waals surface area contributed by atoms with Crippen molar-refractivity contribution in [3.63, 3.8) is 0 Å². The Labute approximate surface area is 214 Å². The van der Waals surface area contributed by atoms with E-state index in [4.69, 9.17) is 24.3 Å². The minimum atomic E-state index is -4.23. The van der Waals surface area contributed by atoms with E-state index in [1.165, 1.54) is 70.6 Å². The number of carbonyl (C=O) groups is 1. The number of phosphoric acid groups is 1. The second-order valence-corrected chi connectivity index (χ2v) is 10.7. The van der Waals surface area contributed by atoms with E-state index < -0.39 is 13.9 Å². The van der Waals surface area contributed by atoms with Crippen LogP contribution in [0.15, 0.2) is 0 Å². The van der Waals surface area contributed by atoms with Gasteiger partial charge in [0.25, 0.3) is 0 Å². The maximum absolute atomic E-state index is 12.1. The fraction of sp³-hybridized carbons (Fsp3) is 0.962. The number of rotatable bonds is 27. The maximum Gasteiger partial charge on any atom is 0.472 e. The molecule has 0 amide bonds. The molecule has 0 aromatic heterocycles. The topological polar surface area (TPSA) is 117 Å². The predicted octanol–water partition coefficient (Wildman–Crippen LogP) is 6.68. The average molecular weight is 524 g/mol. The van der Waals surface area contributed by atoms with Gasteiger partial charge in [-0.25, -0.2) is 4.57 Å². The standard InChI is InChI=1S/C26H54NO7P/c1-3-5-7-8-9-10-11-12-13-14-15-16-18-21-31-23-25(34-26(28)19-17-6-4-2)24-33-35(29,30)32-22-20-27/h25H,3-24,27H2,1-2H3,(H,29,30). The van der Waals surface area contributed by atoms with Crippen molar-refractivity contribution >= 4 is 13.8 Å². The van der Waals surface area contributed by atoms with Crippen molar-refractivity contribution in [2.24, 2.45) is 5.73 Å². The molecule has 0 saturated carbocycles. The van der Waals surface area contributed by atoms with Crippen LogP contribution >= 0.6 is 7.82 Å². The van der Waals surface area contributed by atoms with Gasteiger partial charge in [-0.05, 0) is 12.8 Å². The molecule has 35 heavy (non-hydrogen) atoms. The van der Waals surface area contributed by atoms with E-state index in [1.54, 1.807) is 0 Å². The van der Waals surface area contributed by atoms with E-state index in [1.807, 2.05) is 0 Å². The van der Waals surface area contributed by atoms with Crippen LogP contribution in [-0.2, 0) is 27.9 Å². The molecule has 3 N–H and O–H groups in total. The van der Waals surface area contributed by atoms with Gasteiger partial charge in [0, 0.05) is 19.6 Å². The van der Waals surface area contributed by atoms with E-state index in [-0.39, 0.29) is 32.3 Å². The van der Waals surface area contributed by atoms with Gasteiger partial charge in [0.2, 0.25) is 0 Å². The summed E-state index contributed by atoms with van der Waals surface area (Å²) in [6.45, 7) is 4.74. The van der Waals surface area contributed by atoms with E-state index in [0.29, 0.717) is 13.0 Å². The number of carbonyl (C=O) groups excluding carboxylic acids is 1. The van der Waals surface area contributed by atoms with Crippen LogP contribution in [0, 0.1) is 0 Å². The highest BCUT2D eigenvalue weighted by Crippen LogP contribution is 2.43. The fourth-order valence-corrected chi connectivity index (χ4v) is 4.46. The number of esters is 1. The fourth-order valence-electron chi connectivity index (χ4n) is 3.70. The third kappa shape index (κ3) is 25.0. The zero-order chi connectivity index (χ0) is 26.0. The highest BCUT2D eigenvalue weighted by Gasteiger charge is 2.25. The lowest BCUT2D eigenvalue weighted by molar-refractivity contribution is -0.154. The van der Waals surface area contributed by atoms with Crippen molar-refractivity contribution in [2.45, 2.75) is 129 Å². The molecule has 2 unspecified atom stereocenters. The number of hydrogen-bond acceptors (Lipinski definition) is 7. The van der Waals surface area contributed by atoms with Gasteiger partial charge in [0.15, 0.2) is 0 Å². The first kappa shape index (κ1) is 34.5. The highest BCUT2D eigenvalue weighted by atomic mass is 31.2. The van der Waals surface area contributed by atoms with Crippen LogP contribution < -0.4 is 5.73 Å². The molecule has 0 radical (unpaired) electrons. The summed E-state index contributed by atoms with van der Waals surface area (Å²) < 4.78 is 32.7. The predicted molar refractivity (Wildman–Crippen MR) is 141 cm³/mol. The second kappa shape index (κ2) is 25.2. The highest BCUT2D eigenvalue weighted by molar-refractivity contribution is 7.47. The molecule has 0 rings (SSSR count). The maximum atomic E-state index is 12.1. The molecular formula is C26H54NO7P. The molecule has 0 saturated heterocycles. The number of nitrogens with two attached hydrogens (primary N) is 1. The zero-order valence-electron chi connectivity index (χ0n) is 22.6. The van der Waals surface area contributed by atoms with Crippen molar-refractivity contribution in [3.05, 3.63) is 0 Å². The van der Waals surface area contributed by atoms with Crippen molar-refractivity contribution in [1.82, 2.24) is 0 Å². The normalized spacial score (nSPS) is 14.1. The summed E-state index contributed by atoms with van der Waals surface area (Å²) >= 11 is 0. The SMILES string of the molecule is CCCCCCCCCCCCCCCOCC(COP(=O)(O)OCCN)OC(=O)CCCCC. The molecule has 0 aliphatic carbocycles. The quantitative estimate of drug-likeness (QED) is 0.0695. The Kier molecular flexibility index (Phi) is 24.8. The zero-order valence-corrected chi connectivity index (χ0v) is 23.4. The lowest BCUT2D eigenvalue weighted by atomic mass is 10.0. The van der Waals surface area contributed by atoms with E-state index in [0.717, 1.165) is 32.1 Å². The molecule has 9 heteroatoms. The molecule has 0 spiro atoms. The second-order valence-electron chi connectivity index (χ2n) is 9.27. The lowest BCUT2D eigenvalue weighted by Crippen LogP contribution is -2.28. The smallest absolute Gasteiger partial charge is 0.457 e. The summed E-state index contributed by atoms with van der Waals surface area (Å²) in [4.78, 5) is 21.8. The molecule has 2 atom stereocenters. The van der Waals surface area contributed by atoms with Gasteiger partial charge in [0.1, 0.15) is 6.10 Å². The molecule has 0 aliphatic rings. The molecular weight excluding hydrogens is 469 g/mol. The van der Waals surface area contributed by atoms with Crippen molar-refractivity contribution in [1.29, 1.82) is 0 Å². The number of unbranched alkanes of at least 4 members (excludes halogenated alkanes) is 14. The van der Waals surface area contributed by atoms with Crippen LogP contribution in [0.4, 0.5) is 0 Å². The molecule has 8 nitrogen and oxygen atoms in total. The minimum absolute atomic E-state index is 0.0925. The Balaban J connectivity index is 3.97. The first-order chi connectivity index (χ1) is 16.9. The van der Waals surface area contributed by atoms with Crippen molar-refractivity contribution < 1.29 is 32.8 Å². The molecule has 0 aliphatic heterocycles. The Morgan fingerprint density at radius 2 is 1.26 bits per heavy atom. The largest absolute Gasteiger partial charge is 0.472 e. The van der Waals surface area contributed by atoms with Gasteiger partial charge in [0.05, 0.1) is 19.8 Å². The number of phosphoric ester groups is 1. The van der Waals surface area contributed by atoms with E-state index >= 15 is 0 Å². The molecule has 0 fully saturated rings. The number of ether oxygens (including phenoxy) is 2. The van der Waals surface area contributed by atoms with Gasteiger partial charge in [-0.3, -0.25) is 13.8 Å². The van der Waals surface area contributed by atoms with Crippen LogP contribution in [0.5, 0.6) is 0 Å². The summed E-state index contributed by atoms with van der Waals surface area (Å²) in [5, 5.41) is 0. The number of hydrogen-bond donors (Lipinski definition) is 2. The summed E-state index contributed by atoms with van der Waals surface area (Å²) in [6, 6.07) is 0. The first-order valence-corrected chi connectivity index (χ1v) is 15.5. The van der Waals surface area contributed by atoms with Crippen LogP contribution in [-0.4, -0.2) is 49.9 Å². The summed E-state index contributed by atoms with van der Waals surface area (Å²) in [6.07, 6.45) is 19.0. The Morgan fingerprint density at radius 3 is 1.80 bits per heavy atom. The van der Waals surface area contributed by atoms with Gasteiger partial charge < -0.3 is 20.1 Å². The Bertz CT molecular complexity index is 522. The summed E-state index contributed by atoms with van der Waals surface area (Å²) in [7, 11) is -4.23. The van der Waals surface area contributed by atoms with Crippen LogP contribution in [0.2, 0.25) is 0 Å². The van der Waals surface area contributed by atoms with Gasteiger partial charge in [-0.15, -0.1) is 0 Å². The summed E-state index contributed by atoms with van der Waals surface area (Å²) in [5.74, 6) is -0.354. The van der Waals surface area contributed by atoms with Gasteiger partial charge >= 0.3 is 13.8 Å². The third-order valence-corrected chi connectivity index (χ3v) is 6.76. The molecule has 0 heterocycles. The van der Waals surface area contributed by atoms with Crippen LogP contribution in [0.25, 0.3) is 0 Å². The molecule has 210 valence electrons. The molecule has 0 aromatic rings.